The Morgan fingerprint density at radius 1 is 1.22 bits per heavy atom. The average molecular weight is 408 g/mol. The van der Waals surface area contributed by atoms with Gasteiger partial charge >= 0.3 is 0 Å². The van der Waals surface area contributed by atoms with E-state index in [1.54, 1.807) is 19.1 Å². The van der Waals surface area contributed by atoms with Crippen molar-refractivity contribution in [2.24, 2.45) is 0 Å². The fourth-order valence-electron chi connectivity index (χ4n) is 2.74. The largest absolute Gasteiger partial charge is 0.454 e. The molecule has 2 heterocycles. The molecular formula is C17H14ClN3O5S. The van der Waals surface area contributed by atoms with Crippen molar-refractivity contribution in [2.45, 2.75) is 11.8 Å². The van der Waals surface area contributed by atoms with Gasteiger partial charge in [0.2, 0.25) is 6.79 Å². The zero-order valence-electron chi connectivity index (χ0n) is 14.1. The van der Waals surface area contributed by atoms with Gasteiger partial charge in [0.15, 0.2) is 21.3 Å². The van der Waals surface area contributed by atoms with Crippen LogP contribution >= 0.6 is 11.6 Å². The molecule has 3 aromatic rings. The summed E-state index contributed by atoms with van der Waals surface area (Å²) in [6, 6.07) is 7.50. The summed E-state index contributed by atoms with van der Waals surface area (Å²) in [5.41, 5.74) is 3.00. The van der Waals surface area contributed by atoms with Crippen LogP contribution < -0.4 is 20.5 Å². The van der Waals surface area contributed by atoms with Gasteiger partial charge in [-0.2, -0.15) is 0 Å². The number of fused-ring (bicyclic) bond motifs is 2. The predicted octanol–water partition coefficient (Wildman–Crippen LogP) is 2.45. The van der Waals surface area contributed by atoms with Crippen LogP contribution in [0, 0.1) is 0 Å². The number of aromatic nitrogens is 2. The maximum atomic E-state index is 12.8. The van der Waals surface area contributed by atoms with E-state index in [0.717, 1.165) is 4.68 Å². The van der Waals surface area contributed by atoms with Crippen molar-refractivity contribution in [3.8, 4) is 11.5 Å². The van der Waals surface area contributed by atoms with Crippen LogP contribution in [-0.4, -0.2) is 30.6 Å². The second-order valence-electron chi connectivity index (χ2n) is 5.80. The van der Waals surface area contributed by atoms with Crippen LogP contribution in [-0.2, 0) is 9.84 Å². The van der Waals surface area contributed by atoms with Crippen molar-refractivity contribution in [3.63, 3.8) is 0 Å². The van der Waals surface area contributed by atoms with Gasteiger partial charge in [-0.3, -0.25) is 10.2 Å². The van der Waals surface area contributed by atoms with E-state index in [1.165, 1.54) is 24.5 Å². The normalized spacial score (nSPS) is 13.1. The first kappa shape index (κ1) is 17.6. The van der Waals surface area contributed by atoms with Crippen LogP contribution in [0.2, 0.25) is 5.02 Å². The van der Waals surface area contributed by atoms with Crippen molar-refractivity contribution in [1.82, 2.24) is 9.66 Å². The minimum absolute atomic E-state index is 0.0482. The van der Waals surface area contributed by atoms with Crippen LogP contribution in [0.3, 0.4) is 0 Å². The highest BCUT2D eigenvalue weighted by molar-refractivity contribution is 7.91. The van der Waals surface area contributed by atoms with E-state index >= 15 is 0 Å². The van der Waals surface area contributed by atoms with E-state index in [9.17, 15) is 13.2 Å². The Balaban J connectivity index is 1.83. The number of ether oxygens (including phenoxy) is 2. The van der Waals surface area contributed by atoms with Gasteiger partial charge in [-0.25, -0.2) is 18.1 Å². The number of nitrogens with one attached hydrogen (secondary N) is 1. The average Bonchev–Trinajstić information content (AvgIpc) is 3.10. The van der Waals surface area contributed by atoms with Gasteiger partial charge in [0, 0.05) is 11.1 Å². The molecule has 0 aliphatic carbocycles. The van der Waals surface area contributed by atoms with E-state index < -0.39 is 15.4 Å². The van der Waals surface area contributed by atoms with Crippen molar-refractivity contribution >= 4 is 38.0 Å². The lowest BCUT2D eigenvalue weighted by Crippen LogP contribution is -2.27. The summed E-state index contributed by atoms with van der Waals surface area (Å²) in [5, 5.41) is 0.633. The molecule has 8 nitrogen and oxygen atoms in total. The number of anilines is 1. The number of halogens is 1. The molecule has 27 heavy (non-hydrogen) atoms. The minimum Gasteiger partial charge on any atom is -0.454 e. The number of hydrogen-bond acceptors (Lipinski definition) is 7. The van der Waals surface area contributed by atoms with Crippen LogP contribution in [0.15, 0.2) is 46.3 Å². The Kier molecular flexibility index (Phi) is 4.20. The van der Waals surface area contributed by atoms with Crippen LogP contribution in [0.1, 0.15) is 6.92 Å². The molecule has 0 spiro atoms. The molecule has 0 amide bonds. The van der Waals surface area contributed by atoms with Gasteiger partial charge in [0.25, 0.3) is 5.56 Å². The summed E-state index contributed by atoms with van der Waals surface area (Å²) in [7, 11) is -3.52. The number of nitrogens with zero attached hydrogens (tertiary/aromatic N) is 2. The highest BCUT2D eigenvalue weighted by Gasteiger charge is 2.19. The van der Waals surface area contributed by atoms with Gasteiger partial charge in [-0.1, -0.05) is 18.5 Å². The molecule has 4 rings (SSSR count). The van der Waals surface area contributed by atoms with Gasteiger partial charge in [-0.05, 0) is 24.3 Å². The molecule has 2 aromatic carbocycles. The Hall–Kier alpha value is -2.78. The molecule has 0 bridgehead atoms. The van der Waals surface area contributed by atoms with Gasteiger partial charge in [0.05, 0.1) is 27.2 Å². The number of rotatable bonds is 4. The Morgan fingerprint density at radius 3 is 2.70 bits per heavy atom. The number of benzene rings is 2. The van der Waals surface area contributed by atoms with Crippen LogP contribution in [0.4, 0.5) is 5.69 Å². The second-order valence-corrected chi connectivity index (χ2v) is 8.48. The van der Waals surface area contributed by atoms with Crippen molar-refractivity contribution in [1.29, 1.82) is 0 Å². The first-order valence-corrected chi connectivity index (χ1v) is 10.0. The van der Waals surface area contributed by atoms with E-state index in [0.29, 0.717) is 27.4 Å². The molecule has 140 valence electrons. The standard InChI is InChI=1S/C17H14ClN3O5S/c1-2-27(23,24)16-4-3-10(18)5-13(16)20-21-8-19-12-7-15-14(25-9-26-15)6-11(12)17(21)22/h3-8,20H,2,9H2,1H3. The zero-order valence-corrected chi connectivity index (χ0v) is 15.7. The zero-order chi connectivity index (χ0) is 19.2. The summed E-state index contributed by atoms with van der Waals surface area (Å²) in [6.45, 7) is 1.62. The summed E-state index contributed by atoms with van der Waals surface area (Å²) in [5.74, 6) is 0.889. The van der Waals surface area contributed by atoms with E-state index in [4.69, 9.17) is 21.1 Å². The van der Waals surface area contributed by atoms with Crippen molar-refractivity contribution < 1.29 is 17.9 Å². The quantitative estimate of drug-likeness (QED) is 0.709. The van der Waals surface area contributed by atoms with Crippen LogP contribution in [0.5, 0.6) is 11.5 Å². The van der Waals surface area contributed by atoms with Crippen molar-refractivity contribution in [2.75, 3.05) is 18.0 Å². The van der Waals surface area contributed by atoms with E-state index in [2.05, 4.69) is 10.4 Å². The van der Waals surface area contributed by atoms with Gasteiger partial charge in [0.1, 0.15) is 6.33 Å². The maximum absolute atomic E-state index is 12.8. The molecule has 0 atom stereocenters. The molecule has 0 saturated carbocycles. The molecule has 0 saturated heterocycles. The van der Waals surface area contributed by atoms with Crippen molar-refractivity contribution in [3.05, 3.63) is 52.0 Å². The lowest BCUT2D eigenvalue weighted by Gasteiger charge is -2.14. The van der Waals surface area contributed by atoms with Gasteiger partial charge < -0.3 is 9.47 Å². The highest BCUT2D eigenvalue weighted by Crippen LogP contribution is 2.34. The van der Waals surface area contributed by atoms with E-state index in [1.807, 2.05) is 0 Å². The third-order valence-corrected chi connectivity index (χ3v) is 6.17. The minimum atomic E-state index is -3.52. The Labute approximate surface area is 159 Å². The molecule has 1 aliphatic heterocycles. The lowest BCUT2D eigenvalue weighted by atomic mass is 10.2. The third-order valence-electron chi connectivity index (χ3n) is 4.15. The molecule has 1 N–H and O–H groups in total. The molecule has 0 unspecified atom stereocenters. The first-order valence-electron chi connectivity index (χ1n) is 7.99. The molecular weight excluding hydrogens is 394 g/mol. The SMILES string of the molecule is CCS(=O)(=O)c1ccc(Cl)cc1Nn1cnc2cc3c(cc2c1=O)OCO3. The lowest BCUT2D eigenvalue weighted by molar-refractivity contribution is 0.174. The fourth-order valence-corrected chi connectivity index (χ4v) is 3.94. The first-order chi connectivity index (χ1) is 12.9. The summed E-state index contributed by atoms with van der Waals surface area (Å²) < 4.78 is 36.3. The summed E-state index contributed by atoms with van der Waals surface area (Å²) >= 11 is 6.01. The molecule has 1 aliphatic rings. The summed E-state index contributed by atoms with van der Waals surface area (Å²) in [6.07, 6.45) is 1.27. The third kappa shape index (κ3) is 3.08. The Bertz CT molecular complexity index is 1220. The number of sulfone groups is 1. The molecule has 10 heteroatoms. The highest BCUT2D eigenvalue weighted by atomic mass is 35.5. The van der Waals surface area contributed by atoms with Gasteiger partial charge in [-0.15, -0.1) is 0 Å². The van der Waals surface area contributed by atoms with E-state index in [-0.39, 0.29) is 23.1 Å². The monoisotopic (exact) mass is 407 g/mol. The maximum Gasteiger partial charge on any atom is 0.280 e. The smallest absolute Gasteiger partial charge is 0.280 e. The molecule has 0 fully saturated rings. The predicted molar refractivity (Wildman–Crippen MR) is 100 cm³/mol. The fraction of sp³-hybridized carbons (Fsp3) is 0.176. The number of hydrogen-bond donors (Lipinski definition) is 1. The van der Waals surface area contributed by atoms with Crippen LogP contribution in [0.25, 0.3) is 10.9 Å². The Morgan fingerprint density at radius 2 is 1.96 bits per heavy atom. The molecule has 1 aromatic heterocycles. The topological polar surface area (TPSA) is 99.5 Å². The second kappa shape index (κ2) is 6.43. The summed E-state index contributed by atoms with van der Waals surface area (Å²) in [4.78, 5) is 17.1. The molecule has 0 radical (unpaired) electrons.